The van der Waals surface area contributed by atoms with Gasteiger partial charge in [-0.15, -0.1) is 0 Å². The molecule has 0 spiro atoms. The predicted molar refractivity (Wildman–Crippen MR) is 92.1 cm³/mol. The van der Waals surface area contributed by atoms with Gasteiger partial charge in [0, 0.05) is 5.56 Å². The van der Waals surface area contributed by atoms with Crippen LogP contribution in [-0.4, -0.2) is 18.9 Å². The van der Waals surface area contributed by atoms with Gasteiger partial charge in [-0.3, -0.25) is 9.59 Å². The fourth-order valence-electron chi connectivity index (χ4n) is 2.25. The Hall–Kier alpha value is -2.03. The second-order valence-electron chi connectivity index (χ2n) is 4.66. The first kappa shape index (κ1) is 19.0. The molecule has 0 heterocycles. The summed E-state index contributed by atoms with van der Waals surface area (Å²) in [6.07, 6.45) is 0. The van der Waals surface area contributed by atoms with Crippen LogP contribution in [0.15, 0.2) is 48.5 Å². The molecule has 2 aromatic carbocycles. The van der Waals surface area contributed by atoms with Crippen molar-refractivity contribution in [3.63, 3.8) is 0 Å². The fraction of sp³-hybridized carbons (Fsp3) is 0.176. The number of esters is 1. The van der Waals surface area contributed by atoms with Crippen molar-refractivity contribution in [2.24, 2.45) is 0 Å². The molecule has 4 nitrogen and oxygen atoms in total. The number of ether oxygens (including phenoxy) is 1. The number of methoxy groups -OCH3 is 1. The van der Waals surface area contributed by atoms with Gasteiger partial charge in [0.25, 0.3) is 0 Å². The van der Waals surface area contributed by atoms with Crippen LogP contribution in [0.4, 0.5) is 0 Å². The Morgan fingerprint density at radius 1 is 1.04 bits per heavy atom. The zero-order chi connectivity index (χ0) is 17.4. The molecule has 23 heavy (non-hydrogen) atoms. The van der Waals surface area contributed by atoms with Gasteiger partial charge in [0.2, 0.25) is 0 Å². The normalized spacial score (nSPS) is 10.9. The van der Waals surface area contributed by atoms with Gasteiger partial charge in [-0.05, 0) is 24.1 Å². The second kappa shape index (κ2) is 9.19. The molecule has 0 saturated carbocycles. The van der Waals surface area contributed by atoms with E-state index in [1.807, 2.05) is 6.07 Å². The molecule has 0 aliphatic heterocycles. The number of rotatable bonds is 4. The zero-order valence-electron chi connectivity index (χ0n) is 12.8. The minimum absolute atomic E-state index is 0.338. The summed E-state index contributed by atoms with van der Waals surface area (Å²) in [6, 6.07) is 14.0. The summed E-state index contributed by atoms with van der Waals surface area (Å²) in [5.74, 6) is -1.95. The molecule has 0 aliphatic carbocycles. The van der Waals surface area contributed by atoms with Gasteiger partial charge in [-0.25, -0.2) is 0 Å². The number of hydrogen-bond donors (Lipinski definition) is 0. The Bertz CT molecular complexity index is 668. The molecule has 120 valence electrons. The SMILES string of the molecule is COC(=O)C(C(=O)c1c(C)cccc1Cl)c1ccccc1.O=[PH2+]. The van der Waals surface area contributed by atoms with Crippen molar-refractivity contribution in [3.05, 3.63) is 70.2 Å². The summed E-state index contributed by atoms with van der Waals surface area (Å²) >= 11 is 6.13. The van der Waals surface area contributed by atoms with E-state index < -0.39 is 11.9 Å². The monoisotopic (exact) mass is 351 g/mol. The van der Waals surface area contributed by atoms with Crippen LogP contribution in [-0.2, 0) is 14.1 Å². The number of Topliss-reactive ketones (excluding diaryl/α,β-unsaturated/α-hetero) is 1. The van der Waals surface area contributed by atoms with Gasteiger partial charge < -0.3 is 4.74 Å². The predicted octanol–water partition coefficient (Wildman–Crippen LogP) is 3.99. The maximum Gasteiger partial charge on any atom is 0.321 e. The number of hydrogen-bond acceptors (Lipinski definition) is 4. The summed E-state index contributed by atoms with van der Waals surface area (Å²) in [4.78, 5) is 24.9. The fourth-order valence-corrected chi connectivity index (χ4v) is 2.56. The van der Waals surface area contributed by atoms with Crippen LogP contribution in [0.2, 0.25) is 5.02 Å². The van der Waals surface area contributed by atoms with Crippen LogP contribution >= 0.6 is 20.7 Å². The molecule has 0 saturated heterocycles. The third-order valence-electron chi connectivity index (χ3n) is 3.30. The summed E-state index contributed by atoms with van der Waals surface area (Å²) in [6.45, 7) is 1.79. The molecule has 0 amide bonds. The molecule has 0 radical (unpaired) electrons. The third kappa shape index (κ3) is 4.47. The summed E-state index contributed by atoms with van der Waals surface area (Å²) < 4.78 is 13.0. The van der Waals surface area contributed by atoms with E-state index in [1.54, 1.807) is 49.4 Å². The van der Waals surface area contributed by atoms with E-state index in [2.05, 4.69) is 0 Å². The van der Waals surface area contributed by atoms with Crippen molar-refractivity contribution < 1.29 is 18.9 Å². The molecule has 0 bridgehead atoms. The molecule has 0 aliphatic rings. The van der Waals surface area contributed by atoms with Crippen molar-refractivity contribution in [2.45, 2.75) is 12.8 Å². The van der Waals surface area contributed by atoms with Crippen LogP contribution in [0, 0.1) is 6.92 Å². The molecule has 0 aromatic heterocycles. The van der Waals surface area contributed by atoms with E-state index in [9.17, 15) is 9.59 Å². The lowest BCUT2D eigenvalue weighted by Crippen LogP contribution is -2.24. The van der Waals surface area contributed by atoms with Crippen molar-refractivity contribution in [2.75, 3.05) is 7.11 Å². The highest BCUT2D eigenvalue weighted by Gasteiger charge is 2.32. The lowest BCUT2D eigenvalue weighted by molar-refractivity contribution is -0.141. The van der Waals surface area contributed by atoms with Crippen LogP contribution in [0.1, 0.15) is 27.4 Å². The molecule has 0 N–H and O–H groups in total. The first-order chi connectivity index (χ1) is 11.1. The van der Waals surface area contributed by atoms with Gasteiger partial charge in [0.15, 0.2) is 5.78 Å². The van der Waals surface area contributed by atoms with Gasteiger partial charge in [-0.1, -0.05) is 58.6 Å². The summed E-state index contributed by atoms with van der Waals surface area (Å²) in [7, 11) is 2.44. The summed E-state index contributed by atoms with van der Waals surface area (Å²) in [5.41, 5.74) is 1.68. The Morgan fingerprint density at radius 2 is 1.65 bits per heavy atom. The first-order valence-corrected chi connectivity index (χ1v) is 7.57. The standard InChI is InChI=1S/C17H15ClO3.H2OP/c1-11-7-6-10-13(18)14(11)16(19)15(17(20)21-2)12-8-4-3-5-9-12;1-2/h3-10,15H,1-2H3;2H2/q;+1. The highest BCUT2D eigenvalue weighted by Crippen LogP contribution is 2.28. The molecular formula is C17H17ClO4P+. The number of ketones is 1. The topological polar surface area (TPSA) is 60.4 Å². The zero-order valence-corrected chi connectivity index (χ0v) is 14.7. The molecule has 2 rings (SSSR count). The Morgan fingerprint density at radius 3 is 2.17 bits per heavy atom. The largest absolute Gasteiger partial charge is 0.468 e. The van der Waals surface area contributed by atoms with Crippen LogP contribution < -0.4 is 0 Å². The Balaban J connectivity index is 0.00000127. The average Bonchev–Trinajstić information content (AvgIpc) is 2.57. The smallest absolute Gasteiger partial charge is 0.321 e. The summed E-state index contributed by atoms with van der Waals surface area (Å²) in [5, 5.41) is 0.338. The Labute approximate surface area is 142 Å². The first-order valence-electron chi connectivity index (χ1n) is 6.72. The number of halogens is 1. The molecule has 2 atom stereocenters. The molecule has 6 heteroatoms. The lowest BCUT2D eigenvalue weighted by atomic mass is 9.89. The maximum absolute atomic E-state index is 12.8. The second-order valence-corrected chi connectivity index (χ2v) is 5.07. The van der Waals surface area contributed by atoms with E-state index in [0.717, 1.165) is 5.56 Å². The highest BCUT2D eigenvalue weighted by atomic mass is 35.5. The minimum Gasteiger partial charge on any atom is -0.468 e. The van der Waals surface area contributed by atoms with Crippen LogP contribution in [0.25, 0.3) is 0 Å². The van der Waals surface area contributed by atoms with Gasteiger partial charge >= 0.3 is 15.1 Å². The lowest BCUT2D eigenvalue weighted by Gasteiger charge is -2.16. The van der Waals surface area contributed by atoms with E-state index in [4.69, 9.17) is 20.9 Å². The minimum atomic E-state index is -1.00. The van der Waals surface area contributed by atoms with Crippen molar-refractivity contribution >= 4 is 32.5 Å². The van der Waals surface area contributed by atoms with E-state index in [1.165, 1.54) is 16.2 Å². The molecule has 0 fully saturated rings. The van der Waals surface area contributed by atoms with Crippen molar-refractivity contribution in [3.8, 4) is 0 Å². The Kier molecular flexibility index (Phi) is 7.60. The highest BCUT2D eigenvalue weighted by molar-refractivity contribution is 7.00. The van der Waals surface area contributed by atoms with Crippen LogP contribution in [0.5, 0.6) is 0 Å². The quantitative estimate of drug-likeness (QED) is 0.361. The molecule has 2 aromatic rings. The molecular weight excluding hydrogens is 335 g/mol. The maximum atomic E-state index is 12.8. The number of carbonyl (C=O) groups excluding carboxylic acids is 2. The van der Waals surface area contributed by atoms with Gasteiger partial charge in [0.05, 0.1) is 12.1 Å². The van der Waals surface area contributed by atoms with E-state index in [0.29, 0.717) is 16.1 Å². The number of carbonyl (C=O) groups is 2. The average molecular weight is 352 g/mol. The van der Waals surface area contributed by atoms with E-state index >= 15 is 0 Å². The third-order valence-corrected chi connectivity index (χ3v) is 3.62. The number of benzene rings is 2. The molecule has 2 unspecified atom stereocenters. The van der Waals surface area contributed by atoms with Gasteiger partial charge in [0.1, 0.15) is 5.92 Å². The van der Waals surface area contributed by atoms with Crippen molar-refractivity contribution in [1.82, 2.24) is 0 Å². The van der Waals surface area contributed by atoms with Gasteiger partial charge in [-0.2, -0.15) is 0 Å². The van der Waals surface area contributed by atoms with E-state index in [-0.39, 0.29) is 5.78 Å². The van der Waals surface area contributed by atoms with Crippen LogP contribution in [0.3, 0.4) is 0 Å². The number of aryl methyl sites for hydroxylation is 1. The van der Waals surface area contributed by atoms with Crippen molar-refractivity contribution in [1.29, 1.82) is 0 Å².